The molecule has 3 rings (SSSR count). The maximum absolute atomic E-state index is 11.9. The number of likely N-dealkylation sites (tertiary alicyclic amines) is 1. The fraction of sp³-hybridized carbons (Fsp3) is 0.429. The van der Waals surface area contributed by atoms with Gasteiger partial charge in [-0.1, -0.05) is 0 Å². The van der Waals surface area contributed by atoms with Crippen LogP contribution in [0.4, 0.5) is 5.82 Å². The molecule has 2 amide bonds. The van der Waals surface area contributed by atoms with Gasteiger partial charge in [-0.3, -0.25) is 14.5 Å². The van der Waals surface area contributed by atoms with Crippen molar-refractivity contribution in [1.82, 2.24) is 14.9 Å². The summed E-state index contributed by atoms with van der Waals surface area (Å²) in [6.45, 7) is 2.91. The van der Waals surface area contributed by atoms with Gasteiger partial charge in [0.05, 0.1) is 11.9 Å². The van der Waals surface area contributed by atoms with Crippen LogP contribution in [0, 0.1) is 0 Å². The summed E-state index contributed by atoms with van der Waals surface area (Å²) in [5.74, 6) is 0.998. The van der Waals surface area contributed by atoms with Crippen molar-refractivity contribution in [2.24, 2.45) is 0 Å². The van der Waals surface area contributed by atoms with E-state index in [1.807, 2.05) is 18.4 Å². The number of fused-ring (bicyclic) bond motifs is 1. The molecule has 0 aliphatic carbocycles. The predicted molar refractivity (Wildman–Crippen MR) is 81.0 cm³/mol. The number of nitrogens with zero attached hydrogens (tertiary/aromatic N) is 3. The summed E-state index contributed by atoms with van der Waals surface area (Å²) in [6, 6.07) is 1.97. The van der Waals surface area contributed by atoms with Gasteiger partial charge in [-0.25, -0.2) is 9.97 Å². The molecule has 1 fully saturated rings. The summed E-state index contributed by atoms with van der Waals surface area (Å²) >= 11 is 1.53. The van der Waals surface area contributed by atoms with Gasteiger partial charge in [-0.15, -0.1) is 11.3 Å². The Kier molecular flexibility index (Phi) is 3.83. The van der Waals surface area contributed by atoms with Crippen molar-refractivity contribution >= 4 is 39.2 Å². The number of aromatic nitrogens is 2. The second kappa shape index (κ2) is 5.77. The van der Waals surface area contributed by atoms with E-state index < -0.39 is 0 Å². The Morgan fingerprint density at radius 3 is 2.76 bits per heavy atom. The fourth-order valence-corrected chi connectivity index (χ4v) is 3.17. The van der Waals surface area contributed by atoms with Crippen molar-refractivity contribution in [3.05, 3.63) is 17.3 Å². The SMILES string of the molecule is CCNc1nc(CN2C(=O)CCCC2=O)nc2sccc12. The highest BCUT2D eigenvalue weighted by Gasteiger charge is 2.27. The number of thiophene rings is 1. The van der Waals surface area contributed by atoms with Crippen molar-refractivity contribution in [2.45, 2.75) is 32.7 Å². The van der Waals surface area contributed by atoms with Crippen molar-refractivity contribution in [1.29, 1.82) is 0 Å². The van der Waals surface area contributed by atoms with E-state index >= 15 is 0 Å². The highest BCUT2D eigenvalue weighted by Crippen LogP contribution is 2.25. The number of imide groups is 1. The van der Waals surface area contributed by atoms with Crippen molar-refractivity contribution in [3.8, 4) is 0 Å². The molecule has 1 N–H and O–H groups in total. The molecule has 0 bridgehead atoms. The summed E-state index contributed by atoms with van der Waals surface area (Å²) in [4.78, 5) is 34.8. The van der Waals surface area contributed by atoms with Gasteiger partial charge < -0.3 is 5.32 Å². The molecule has 1 aliphatic rings. The van der Waals surface area contributed by atoms with Crippen LogP contribution in [0.1, 0.15) is 32.0 Å². The second-order valence-corrected chi connectivity index (χ2v) is 5.78. The Balaban J connectivity index is 1.92. The quantitative estimate of drug-likeness (QED) is 0.876. The molecule has 0 unspecified atom stereocenters. The Hall–Kier alpha value is -2.02. The van der Waals surface area contributed by atoms with Crippen LogP contribution >= 0.6 is 11.3 Å². The maximum atomic E-state index is 11.9. The Morgan fingerprint density at radius 2 is 2.05 bits per heavy atom. The van der Waals surface area contributed by atoms with Crippen LogP contribution in [-0.4, -0.2) is 33.2 Å². The van der Waals surface area contributed by atoms with Crippen LogP contribution in [-0.2, 0) is 16.1 Å². The van der Waals surface area contributed by atoms with Gasteiger partial charge in [0.15, 0.2) is 5.82 Å². The minimum Gasteiger partial charge on any atom is -0.370 e. The van der Waals surface area contributed by atoms with Crippen molar-refractivity contribution in [3.63, 3.8) is 0 Å². The van der Waals surface area contributed by atoms with Crippen LogP contribution in [0.5, 0.6) is 0 Å². The molecule has 0 aromatic carbocycles. The lowest BCUT2D eigenvalue weighted by molar-refractivity contribution is -0.148. The molecule has 1 aliphatic heterocycles. The number of carbonyl (C=O) groups excluding carboxylic acids is 2. The first kappa shape index (κ1) is 13.9. The van der Waals surface area contributed by atoms with Gasteiger partial charge in [-0.2, -0.15) is 0 Å². The first-order chi connectivity index (χ1) is 10.2. The predicted octanol–water partition coefficient (Wildman–Crippen LogP) is 2.16. The highest BCUT2D eigenvalue weighted by atomic mass is 32.1. The van der Waals surface area contributed by atoms with Gasteiger partial charge in [0.2, 0.25) is 11.8 Å². The number of hydrogen-bond acceptors (Lipinski definition) is 6. The lowest BCUT2D eigenvalue weighted by Gasteiger charge is -2.24. The first-order valence-electron chi connectivity index (χ1n) is 7.00. The Labute approximate surface area is 126 Å². The molecule has 0 radical (unpaired) electrons. The minimum absolute atomic E-state index is 0.133. The smallest absolute Gasteiger partial charge is 0.229 e. The van der Waals surface area contributed by atoms with Gasteiger partial charge in [-0.05, 0) is 24.8 Å². The lowest BCUT2D eigenvalue weighted by atomic mass is 10.1. The molecule has 2 aromatic heterocycles. The van der Waals surface area contributed by atoms with Crippen LogP contribution in [0.3, 0.4) is 0 Å². The second-order valence-electron chi connectivity index (χ2n) is 4.89. The molecule has 0 spiro atoms. The normalized spacial score (nSPS) is 15.8. The summed E-state index contributed by atoms with van der Waals surface area (Å²) in [7, 11) is 0. The standard InChI is InChI=1S/C14H16N4O2S/c1-2-15-13-9-6-7-21-14(9)17-10(16-13)8-18-11(19)4-3-5-12(18)20/h6-7H,2-5,8H2,1H3,(H,15,16,17). The van der Waals surface area contributed by atoms with E-state index in [9.17, 15) is 9.59 Å². The molecule has 21 heavy (non-hydrogen) atoms. The summed E-state index contributed by atoms with van der Waals surface area (Å²) in [5.41, 5.74) is 0. The number of amides is 2. The van der Waals surface area contributed by atoms with Crippen LogP contribution in [0.2, 0.25) is 0 Å². The zero-order valence-electron chi connectivity index (χ0n) is 11.8. The highest BCUT2D eigenvalue weighted by molar-refractivity contribution is 7.16. The molecule has 7 heteroatoms. The minimum atomic E-state index is -0.133. The van der Waals surface area contributed by atoms with Crippen molar-refractivity contribution < 1.29 is 9.59 Å². The van der Waals surface area contributed by atoms with Gasteiger partial charge in [0, 0.05) is 19.4 Å². The third-order valence-corrected chi connectivity index (χ3v) is 4.21. The molecule has 3 heterocycles. The van der Waals surface area contributed by atoms with Crippen LogP contribution < -0.4 is 5.32 Å². The molecule has 0 saturated carbocycles. The number of carbonyl (C=O) groups is 2. The third kappa shape index (κ3) is 2.73. The molecular weight excluding hydrogens is 288 g/mol. The average molecular weight is 304 g/mol. The van der Waals surface area contributed by atoms with E-state index in [1.165, 1.54) is 16.2 Å². The third-order valence-electron chi connectivity index (χ3n) is 3.40. The Morgan fingerprint density at radius 1 is 1.29 bits per heavy atom. The van der Waals surface area contributed by atoms with Crippen LogP contribution in [0.15, 0.2) is 11.4 Å². The molecule has 2 aromatic rings. The molecule has 0 atom stereocenters. The van der Waals surface area contributed by atoms with Gasteiger partial charge >= 0.3 is 0 Å². The lowest BCUT2D eigenvalue weighted by Crippen LogP contribution is -2.39. The summed E-state index contributed by atoms with van der Waals surface area (Å²) in [6.07, 6.45) is 1.49. The van der Waals surface area contributed by atoms with E-state index in [0.717, 1.165) is 22.6 Å². The zero-order chi connectivity index (χ0) is 14.8. The van der Waals surface area contributed by atoms with E-state index in [-0.39, 0.29) is 18.4 Å². The number of piperidine rings is 1. The molecule has 110 valence electrons. The number of rotatable bonds is 4. The van der Waals surface area contributed by atoms with Gasteiger partial charge in [0.1, 0.15) is 10.6 Å². The number of nitrogens with one attached hydrogen (secondary N) is 1. The maximum Gasteiger partial charge on any atom is 0.229 e. The van der Waals surface area contributed by atoms with Crippen LogP contribution in [0.25, 0.3) is 10.2 Å². The van der Waals surface area contributed by atoms with E-state index in [1.54, 1.807) is 0 Å². The zero-order valence-corrected chi connectivity index (χ0v) is 12.6. The van der Waals surface area contributed by atoms with E-state index in [2.05, 4.69) is 15.3 Å². The van der Waals surface area contributed by atoms with E-state index in [0.29, 0.717) is 25.1 Å². The first-order valence-corrected chi connectivity index (χ1v) is 7.88. The van der Waals surface area contributed by atoms with E-state index in [4.69, 9.17) is 0 Å². The monoisotopic (exact) mass is 304 g/mol. The fourth-order valence-electron chi connectivity index (χ4n) is 2.39. The molecular formula is C14H16N4O2S. The summed E-state index contributed by atoms with van der Waals surface area (Å²) < 4.78 is 0. The Bertz CT molecular complexity index is 681. The topological polar surface area (TPSA) is 75.2 Å². The summed E-state index contributed by atoms with van der Waals surface area (Å²) in [5, 5.41) is 6.14. The van der Waals surface area contributed by atoms with Gasteiger partial charge in [0.25, 0.3) is 0 Å². The number of hydrogen-bond donors (Lipinski definition) is 1. The van der Waals surface area contributed by atoms with Crippen molar-refractivity contribution in [2.75, 3.05) is 11.9 Å². The number of anilines is 1. The molecule has 6 nitrogen and oxygen atoms in total. The average Bonchev–Trinajstić information content (AvgIpc) is 2.92. The molecule has 1 saturated heterocycles. The largest absolute Gasteiger partial charge is 0.370 e.